The Morgan fingerprint density at radius 3 is 2.41 bits per heavy atom. The molecule has 4 nitrogen and oxygen atoms in total. The van der Waals surface area contributed by atoms with Crippen molar-refractivity contribution < 1.29 is 13.6 Å². The zero-order valence-electron chi connectivity index (χ0n) is 15.1. The van der Waals surface area contributed by atoms with Crippen molar-refractivity contribution in [3.63, 3.8) is 0 Å². The molecule has 0 atom stereocenters. The van der Waals surface area contributed by atoms with Crippen LogP contribution < -0.4 is 5.32 Å². The minimum absolute atomic E-state index is 0.00563. The van der Waals surface area contributed by atoms with Crippen LogP contribution in [0.3, 0.4) is 0 Å². The zero-order valence-corrected chi connectivity index (χ0v) is 15.1. The van der Waals surface area contributed by atoms with Crippen molar-refractivity contribution in [3.8, 4) is 0 Å². The van der Waals surface area contributed by atoms with Gasteiger partial charge in [-0.05, 0) is 17.7 Å². The summed E-state index contributed by atoms with van der Waals surface area (Å²) in [6.45, 7) is 4.37. The van der Waals surface area contributed by atoms with Crippen LogP contribution in [0.15, 0.2) is 54.6 Å². The summed E-state index contributed by atoms with van der Waals surface area (Å²) in [5.41, 5.74) is 1.19. The topological polar surface area (TPSA) is 35.6 Å². The fourth-order valence-electron chi connectivity index (χ4n) is 3.02. The van der Waals surface area contributed by atoms with Crippen molar-refractivity contribution in [2.45, 2.75) is 0 Å². The van der Waals surface area contributed by atoms with Crippen molar-refractivity contribution >= 4 is 17.7 Å². The lowest BCUT2D eigenvalue weighted by molar-refractivity contribution is -0.117. The maximum atomic E-state index is 13.6. The Hall–Kier alpha value is -2.57. The Kier molecular flexibility index (Phi) is 6.68. The minimum Gasteiger partial charge on any atom is -0.322 e. The Morgan fingerprint density at radius 1 is 1.00 bits per heavy atom. The number of carbonyl (C=O) groups is 1. The van der Waals surface area contributed by atoms with Crippen LogP contribution in [0, 0.1) is 11.6 Å². The highest BCUT2D eigenvalue weighted by atomic mass is 19.1. The molecule has 27 heavy (non-hydrogen) atoms. The molecule has 0 aromatic heterocycles. The average molecular weight is 371 g/mol. The molecule has 1 saturated heterocycles. The molecule has 1 heterocycles. The molecule has 0 radical (unpaired) electrons. The maximum absolute atomic E-state index is 13.6. The number of hydrogen-bond donors (Lipinski definition) is 1. The van der Waals surface area contributed by atoms with E-state index in [1.807, 2.05) is 23.1 Å². The number of nitrogens with one attached hydrogen (secondary N) is 1. The first-order chi connectivity index (χ1) is 13.1. The smallest absolute Gasteiger partial charge is 0.238 e. The van der Waals surface area contributed by atoms with E-state index >= 15 is 0 Å². The second kappa shape index (κ2) is 9.39. The molecule has 1 amide bonds. The molecular weight excluding hydrogens is 348 g/mol. The van der Waals surface area contributed by atoms with Crippen LogP contribution in [0.2, 0.25) is 0 Å². The van der Waals surface area contributed by atoms with E-state index in [1.54, 1.807) is 0 Å². The number of rotatable bonds is 6. The van der Waals surface area contributed by atoms with E-state index in [2.05, 4.69) is 34.5 Å². The summed E-state index contributed by atoms with van der Waals surface area (Å²) in [4.78, 5) is 16.5. The predicted molar refractivity (Wildman–Crippen MR) is 103 cm³/mol. The second-order valence-electron chi connectivity index (χ2n) is 6.56. The Morgan fingerprint density at radius 2 is 1.70 bits per heavy atom. The fourth-order valence-corrected chi connectivity index (χ4v) is 3.02. The number of nitrogens with zero attached hydrogens (tertiary/aromatic N) is 2. The van der Waals surface area contributed by atoms with E-state index in [-0.39, 0.29) is 18.1 Å². The van der Waals surface area contributed by atoms with Gasteiger partial charge in [-0.1, -0.05) is 42.5 Å². The van der Waals surface area contributed by atoms with Gasteiger partial charge in [0.1, 0.15) is 11.6 Å². The van der Waals surface area contributed by atoms with Gasteiger partial charge in [-0.2, -0.15) is 0 Å². The van der Waals surface area contributed by atoms with E-state index in [1.165, 1.54) is 11.6 Å². The molecule has 2 aromatic rings. The summed E-state index contributed by atoms with van der Waals surface area (Å²) in [5.74, 6) is -1.72. The molecule has 1 aliphatic heterocycles. The molecule has 0 unspecified atom stereocenters. The highest BCUT2D eigenvalue weighted by molar-refractivity contribution is 5.92. The Bertz CT molecular complexity index is 787. The van der Waals surface area contributed by atoms with Crippen LogP contribution in [0.25, 0.3) is 6.08 Å². The predicted octanol–water partition coefficient (Wildman–Crippen LogP) is 3.23. The Labute approximate surface area is 158 Å². The SMILES string of the molecule is O=C(CN1CCN(C/C=C\c2ccccc2)CC1)Nc1ccc(F)cc1F. The van der Waals surface area contributed by atoms with E-state index < -0.39 is 11.6 Å². The van der Waals surface area contributed by atoms with Crippen LogP contribution in [-0.4, -0.2) is 55.0 Å². The van der Waals surface area contributed by atoms with Gasteiger partial charge in [0.2, 0.25) is 5.91 Å². The number of benzene rings is 2. The molecule has 0 spiro atoms. The van der Waals surface area contributed by atoms with Crippen LogP contribution in [-0.2, 0) is 4.79 Å². The minimum atomic E-state index is -0.765. The van der Waals surface area contributed by atoms with Crippen molar-refractivity contribution in [2.24, 2.45) is 0 Å². The van der Waals surface area contributed by atoms with Crippen molar-refractivity contribution in [3.05, 3.63) is 71.8 Å². The number of halogens is 2. The third-order valence-corrected chi connectivity index (χ3v) is 4.51. The van der Waals surface area contributed by atoms with Gasteiger partial charge in [0, 0.05) is 38.8 Å². The summed E-state index contributed by atoms with van der Waals surface area (Å²) in [6, 6.07) is 13.3. The van der Waals surface area contributed by atoms with Crippen molar-refractivity contribution in [1.29, 1.82) is 0 Å². The van der Waals surface area contributed by atoms with Gasteiger partial charge in [0.05, 0.1) is 12.2 Å². The first-order valence-electron chi connectivity index (χ1n) is 9.01. The molecule has 3 rings (SSSR count). The lowest BCUT2D eigenvalue weighted by Crippen LogP contribution is -2.48. The first kappa shape index (κ1) is 19.2. The second-order valence-corrected chi connectivity index (χ2v) is 6.56. The zero-order chi connectivity index (χ0) is 19.1. The van der Waals surface area contributed by atoms with Crippen LogP contribution in [0.1, 0.15) is 5.56 Å². The molecule has 1 aliphatic rings. The summed E-state index contributed by atoms with van der Waals surface area (Å²) in [6.07, 6.45) is 4.26. The highest BCUT2D eigenvalue weighted by Gasteiger charge is 2.18. The van der Waals surface area contributed by atoms with E-state index in [0.717, 1.165) is 44.9 Å². The summed E-state index contributed by atoms with van der Waals surface area (Å²) >= 11 is 0. The molecule has 0 bridgehead atoms. The lowest BCUT2D eigenvalue weighted by Gasteiger charge is -2.33. The quantitative estimate of drug-likeness (QED) is 0.847. The van der Waals surface area contributed by atoms with Gasteiger partial charge >= 0.3 is 0 Å². The average Bonchev–Trinajstić information content (AvgIpc) is 2.66. The summed E-state index contributed by atoms with van der Waals surface area (Å²) in [5, 5.41) is 2.50. The third-order valence-electron chi connectivity index (χ3n) is 4.51. The van der Waals surface area contributed by atoms with Gasteiger partial charge in [0.25, 0.3) is 0 Å². The molecule has 0 saturated carbocycles. The van der Waals surface area contributed by atoms with Gasteiger partial charge in [-0.3, -0.25) is 14.6 Å². The fraction of sp³-hybridized carbons (Fsp3) is 0.286. The van der Waals surface area contributed by atoms with Crippen molar-refractivity contribution in [1.82, 2.24) is 9.80 Å². The highest BCUT2D eigenvalue weighted by Crippen LogP contribution is 2.15. The van der Waals surface area contributed by atoms with Gasteiger partial charge in [-0.25, -0.2) is 8.78 Å². The maximum Gasteiger partial charge on any atom is 0.238 e. The molecular formula is C21H23F2N3O. The molecule has 6 heteroatoms. The number of amides is 1. The van der Waals surface area contributed by atoms with Gasteiger partial charge < -0.3 is 5.32 Å². The number of hydrogen-bond acceptors (Lipinski definition) is 3. The van der Waals surface area contributed by atoms with E-state index in [4.69, 9.17) is 0 Å². The molecule has 1 N–H and O–H groups in total. The molecule has 142 valence electrons. The summed E-state index contributed by atoms with van der Waals surface area (Å²) < 4.78 is 26.5. The van der Waals surface area contributed by atoms with Crippen LogP contribution >= 0.6 is 0 Å². The van der Waals surface area contributed by atoms with Gasteiger partial charge in [-0.15, -0.1) is 0 Å². The van der Waals surface area contributed by atoms with Crippen LogP contribution in [0.5, 0.6) is 0 Å². The normalized spacial score (nSPS) is 15.9. The summed E-state index contributed by atoms with van der Waals surface area (Å²) in [7, 11) is 0. The molecule has 1 fully saturated rings. The van der Waals surface area contributed by atoms with Crippen LogP contribution in [0.4, 0.5) is 14.5 Å². The number of piperazine rings is 1. The Balaban J connectivity index is 1.40. The largest absolute Gasteiger partial charge is 0.322 e. The molecule has 2 aromatic carbocycles. The molecule has 0 aliphatic carbocycles. The first-order valence-corrected chi connectivity index (χ1v) is 9.01. The van der Waals surface area contributed by atoms with Gasteiger partial charge in [0.15, 0.2) is 0 Å². The third kappa shape index (κ3) is 5.98. The monoisotopic (exact) mass is 371 g/mol. The number of carbonyl (C=O) groups excluding carboxylic acids is 1. The van der Waals surface area contributed by atoms with Crippen molar-refractivity contribution in [2.75, 3.05) is 44.6 Å². The standard InChI is InChI=1S/C21H23F2N3O/c22-18-8-9-20(19(23)15-18)24-21(27)16-26-13-11-25(12-14-26)10-4-7-17-5-2-1-3-6-17/h1-9,15H,10-14,16H2,(H,24,27)/b7-4-. The van der Waals surface area contributed by atoms with E-state index in [0.29, 0.717) is 0 Å². The van der Waals surface area contributed by atoms with E-state index in [9.17, 15) is 13.6 Å². The lowest BCUT2D eigenvalue weighted by atomic mass is 10.2. The number of anilines is 1.